The zero-order valence-electron chi connectivity index (χ0n) is 17.8. The molecule has 2 aliphatic rings. The minimum Gasteiger partial charge on any atom is -0.487 e. The largest absolute Gasteiger partial charge is 0.487 e. The van der Waals surface area contributed by atoms with Crippen LogP contribution in [0.2, 0.25) is 0 Å². The van der Waals surface area contributed by atoms with E-state index in [1.165, 1.54) is 6.08 Å². The maximum Gasteiger partial charge on any atom is 0.416 e. The molecule has 1 aromatic heterocycles. The lowest BCUT2D eigenvalue weighted by atomic mass is 9.96. The molecule has 0 bridgehead atoms. The number of aliphatic carboxylic acids is 1. The number of hydrogen-bond acceptors (Lipinski definition) is 6. The summed E-state index contributed by atoms with van der Waals surface area (Å²) in [4.78, 5) is 17.7. The van der Waals surface area contributed by atoms with Crippen molar-refractivity contribution in [2.24, 2.45) is 0 Å². The number of nitrogens with zero attached hydrogens (tertiary/aromatic N) is 2. The Bertz CT molecular complexity index is 1060. The number of ether oxygens (including phenoxy) is 1. The van der Waals surface area contributed by atoms with Gasteiger partial charge in [0.05, 0.1) is 11.5 Å². The van der Waals surface area contributed by atoms with Crippen LogP contribution in [0.4, 0.5) is 13.2 Å². The number of alkyl halides is 3. The van der Waals surface area contributed by atoms with Crippen LogP contribution in [0.5, 0.6) is 5.75 Å². The van der Waals surface area contributed by atoms with Crippen molar-refractivity contribution in [2.75, 3.05) is 11.6 Å². The highest BCUT2D eigenvalue weighted by molar-refractivity contribution is 7.99. The Kier molecular flexibility index (Phi) is 6.85. The van der Waals surface area contributed by atoms with Crippen LogP contribution in [0, 0.1) is 6.92 Å². The molecule has 2 atom stereocenters. The second kappa shape index (κ2) is 9.64. The molecule has 2 aromatic rings. The first-order valence-electron chi connectivity index (χ1n) is 10.4. The summed E-state index contributed by atoms with van der Waals surface area (Å²) in [6.07, 6.45) is -0.503. The molecule has 6 nitrogen and oxygen atoms in total. The van der Waals surface area contributed by atoms with Crippen molar-refractivity contribution < 1.29 is 32.2 Å². The van der Waals surface area contributed by atoms with E-state index in [1.54, 1.807) is 18.7 Å². The number of rotatable bonds is 7. The number of hydrogen-bond donors (Lipinski definition) is 1. The first kappa shape index (κ1) is 23.4. The van der Waals surface area contributed by atoms with Crippen molar-refractivity contribution in [3.8, 4) is 5.75 Å². The zero-order valence-corrected chi connectivity index (χ0v) is 18.7. The molecule has 1 saturated heterocycles. The highest BCUT2D eigenvalue weighted by Crippen LogP contribution is 2.34. The van der Waals surface area contributed by atoms with Crippen LogP contribution >= 0.6 is 11.8 Å². The van der Waals surface area contributed by atoms with Crippen molar-refractivity contribution in [1.82, 2.24) is 9.88 Å². The molecular formula is C23H23F3N2O4S. The molecule has 1 unspecified atom stereocenters. The Hall–Kier alpha value is -2.72. The molecule has 33 heavy (non-hydrogen) atoms. The smallest absolute Gasteiger partial charge is 0.416 e. The predicted molar refractivity (Wildman–Crippen MR) is 117 cm³/mol. The maximum absolute atomic E-state index is 12.8. The van der Waals surface area contributed by atoms with Crippen molar-refractivity contribution in [3.63, 3.8) is 0 Å². The fourth-order valence-corrected chi connectivity index (χ4v) is 4.88. The topological polar surface area (TPSA) is 75.8 Å². The van der Waals surface area contributed by atoms with E-state index in [0.29, 0.717) is 41.3 Å². The second-order valence-corrected chi connectivity index (χ2v) is 8.95. The monoisotopic (exact) mass is 480 g/mol. The summed E-state index contributed by atoms with van der Waals surface area (Å²) in [5, 5.41) is 9.29. The summed E-state index contributed by atoms with van der Waals surface area (Å²) < 4.78 is 49.8. The van der Waals surface area contributed by atoms with Crippen molar-refractivity contribution in [2.45, 2.75) is 44.6 Å². The van der Waals surface area contributed by atoms with E-state index in [1.807, 2.05) is 29.2 Å². The van der Waals surface area contributed by atoms with Crippen LogP contribution in [-0.2, 0) is 17.9 Å². The third-order valence-electron chi connectivity index (χ3n) is 5.60. The summed E-state index contributed by atoms with van der Waals surface area (Å²) in [7, 11) is 0. The number of thioether (sulfide) groups is 1. The van der Waals surface area contributed by atoms with Gasteiger partial charge in [-0.1, -0.05) is 30.4 Å². The minimum absolute atomic E-state index is 0.165. The third kappa shape index (κ3) is 5.62. The van der Waals surface area contributed by atoms with E-state index >= 15 is 0 Å². The summed E-state index contributed by atoms with van der Waals surface area (Å²) in [6, 6.07) is 6.96. The van der Waals surface area contributed by atoms with Gasteiger partial charge in [-0.05, 0) is 31.0 Å². The molecule has 10 heteroatoms. The van der Waals surface area contributed by atoms with E-state index in [0.717, 1.165) is 17.7 Å². The number of benzene rings is 1. The minimum atomic E-state index is -4.35. The number of carboxylic acids is 1. The van der Waals surface area contributed by atoms with Gasteiger partial charge in [0, 0.05) is 18.2 Å². The number of aryl methyl sites for hydroxylation is 1. The highest BCUT2D eigenvalue weighted by atomic mass is 32.2. The summed E-state index contributed by atoms with van der Waals surface area (Å²) in [5.74, 6) is 1.68. The molecule has 1 fully saturated rings. The third-order valence-corrected chi connectivity index (χ3v) is 6.66. The molecule has 1 N–H and O–H groups in total. The SMILES string of the molecule is Cc1oc(C2C=CC(C(F)(F)F)=CC2)nc1COc1ccc(CN2CSC[C@H]2C(=O)O)cc1. The van der Waals surface area contributed by atoms with E-state index in [4.69, 9.17) is 9.15 Å². The number of carboxylic acid groups (broad SMARTS) is 1. The summed E-state index contributed by atoms with van der Waals surface area (Å²) in [5.41, 5.74) is 0.925. The molecule has 0 radical (unpaired) electrons. The molecule has 2 heterocycles. The number of oxazole rings is 1. The van der Waals surface area contributed by atoms with Crippen LogP contribution in [0.1, 0.15) is 35.2 Å². The van der Waals surface area contributed by atoms with Gasteiger partial charge < -0.3 is 14.3 Å². The number of halogens is 3. The second-order valence-electron chi connectivity index (χ2n) is 7.95. The van der Waals surface area contributed by atoms with Gasteiger partial charge in [0.15, 0.2) is 0 Å². The lowest BCUT2D eigenvalue weighted by Crippen LogP contribution is -2.37. The van der Waals surface area contributed by atoms with Crippen LogP contribution in [-0.4, -0.2) is 44.8 Å². The molecule has 1 aliphatic heterocycles. The molecule has 0 spiro atoms. The van der Waals surface area contributed by atoms with Gasteiger partial charge in [-0.15, -0.1) is 11.8 Å². The van der Waals surface area contributed by atoms with Gasteiger partial charge in [-0.2, -0.15) is 13.2 Å². The van der Waals surface area contributed by atoms with E-state index < -0.39 is 23.8 Å². The van der Waals surface area contributed by atoms with Crippen molar-refractivity contribution >= 4 is 17.7 Å². The molecule has 1 aromatic carbocycles. The Morgan fingerprint density at radius 3 is 2.73 bits per heavy atom. The Morgan fingerprint density at radius 1 is 1.33 bits per heavy atom. The lowest BCUT2D eigenvalue weighted by molar-refractivity contribution is -0.141. The van der Waals surface area contributed by atoms with E-state index in [2.05, 4.69) is 4.98 Å². The molecule has 0 saturated carbocycles. The summed E-state index contributed by atoms with van der Waals surface area (Å²) in [6.45, 7) is 2.46. The Balaban J connectivity index is 1.33. The quantitative estimate of drug-likeness (QED) is 0.594. The molecule has 1 aliphatic carbocycles. The maximum atomic E-state index is 12.8. The first-order chi connectivity index (χ1) is 15.7. The van der Waals surface area contributed by atoms with E-state index in [-0.39, 0.29) is 18.9 Å². The fourth-order valence-electron chi connectivity index (χ4n) is 3.69. The Morgan fingerprint density at radius 2 is 2.09 bits per heavy atom. The standard InChI is InChI=1S/C23H23F3N2O4S/c1-14-19(27-21(32-14)16-4-6-17(7-5-16)23(24,25)26)11-31-18-8-2-15(3-9-18)10-28-13-33-12-20(28)22(29)30/h2-4,6-9,16,20H,5,10-13H2,1H3,(H,29,30)/t16?,20-/m0/s1. The molecule has 4 rings (SSSR count). The van der Waals surface area contributed by atoms with Crippen LogP contribution < -0.4 is 4.74 Å². The zero-order chi connectivity index (χ0) is 23.6. The van der Waals surface area contributed by atoms with E-state index in [9.17, 15) is 23.1 Å². The van der Waals surface area contributed by atoms with Gasteiger partial charge in [-0.25, -0.2) is 4.98 Å². The first-order valence-corrected chi connectivity index (χ1v) is 11.5. The number of carbonyl (C=O) groups is 1. The van der Waals surface area contributed by atoms with Gasteiger partial charge in [0.1, 0.15) is 29.9 Å². The average molecular weight is 481 g/mol. The average Bonchev–Trinajstić information content (AvgIpc) is 3.39. The fraction of sp³-hybridized carbons (Fsp3) is 0.391. The lowest BCUT2D eigenvalue weighted by Gasteiger charge is -2.20. The summed E-state index contributed by atoms with van der Waals surface area (Å²) >= 11 is 1.61. The van der Waals surface area contributed by atoms with Crippen LogP contribution in [0.15, 0.2) is 52.5 Å². The van der Waals surface area contributed by atoms with Crippen LogP contribution in [0.3, 0.4) is 0 Å². The van der Waals surface area contributed by atoms with Gasteiger partial charge in [0.2, 0.25) is 5.89 Å². The predicted octanol–water partition coefficient (Wildman–Crippen LogP) is 5.05. The highest BCUT2D eigenvalue weighted by Gasteiger charge is 2.34. The molecule has 176 valence electrons. The van der Waals surface area contributed by atoms with Crippen molar-refractivity contribution in [3.05, 3.63) is 71.0 Å². The Labute approximate surface area is 193 Å². The van der Waals surface area contributed by atoms with Gasteiger partial charge in [-0.3, -0.25) is 9.69 Å². The molecule has 0 amide bonds. The van der Waals surface area contributed by atoms with Gasteiger partial charge in [0.25, 0.3) is 0 Å². The number of aromatic nitrogens is 1. The van der Waals surface area contributed by atoms with Crippen molar-refractivity contribution in [1.29, 1.82) is 0 Å². The normalized spacial score (nSPS) is 21.3. The molecular weight excluding hydrogens is 457 g/mol. The number of allylic oxidation sites excluding steroid dienone is 4. The van der Waals surface area contributed by atoms with Crippen LogP contribution in [0.25, 0.3) is 0 Å². The van der Waals surface area contributed by atoms with Gasteiger partial charge >= 0.3 is 12.1 Å².